The van der Waals surface area contributed by atoms with Crippen molar-refractivity contribution in [2.24, 2.45) is 7.05 Å². The van der Waals surface area contributed by atoms with Crippen LogP contribution in [0.2, 0.25) is 0 Å². The standard InChI is InChI=1S/C25H29FN6O/c1-31-14-17(13-27-31)15-7-8-19(23(33)11-15)21-10-16-4-3-9-32(25(16)30-29-21)22-12-18-5-2-6-20(28-18)24(22)26/h7-8,10-11,13-14,18,20,22,24,28,33H,2-6,9,12H2,1H3/t18-,20+,22+,24-/m1/s1. The monoisotopic (exact) mass is 448 g/mol. The van der Waals surface area contributed by atoms with Crippen LogP contribution in [0, 0.1) is 0 Å². The van der Waals surface area contributed by atoms with Crippen molar-refractivity contribution in [2.75, 3.05) is 11.4 Å². The number of anilines is 1. The molecule has 6 rings (SSSR count). The van der Waals surface area contributed by atoms with E-state index in [9.17, 15) is 5.11 Å². The highest BCUT2D eigenvalue weighted by molar-refractivity contribution is 5.74. The van der Waals surface area contributed by atoms with Gasteiger partial charge in [0.05, 0.1) is 17.9 Å². The van der Waals surface area contributed by atoms with Gasteiger partial charge in [-0.05, 0) is 61.4 Å². The largest absolute Gasteiger partial charge is 0.507 e. The molecule has 2 fully saturated rings. The molecule has 0 saturated carbocycles. The summed E-state index contributed by atoms with van der Waals surface area (Å²) in [5.74, 6) is 0.970. The van der Waals surface area contributed by atoms with E-state index in [0.717, 1.165) is 67.6 Å². The van der Waals surface area contributed by atoms with Crippen LogP contribution in [0.4, 0.5) is 10.2 Å². The van der Waals surface area contributed by atoms with Crippen molar-refractivity contribution in [1.82, 2.24) is 25.3 Å². The van der Waals surface area contributed by atoms with E-state index in [0.29, 0.717) is 17.3 Å². The van der Waals surface area contributed by atoms with E-state index in [1.165, 1.54) is 0 Å². The summed E-state index contributed by atoms with van der Waals surface area (Å²) in [4.78, 5) is 2.16. The van der Waals surface area contributed by atoms with Gasteiger partial charge >= 0.3 is 0 Å². The summed E-state index contributed by atoms with van der Waals surface area (Å²) in [6.07, 6.45) is 8.61. The molecule has 0 aliphatic carbocycles. The number of halogens is 1. The molecule has 172 valence electrons. The molecule has 0 unspecified atom stereocenters. The summed E-state index contributed by atoms with van der Waals surface area (Å²) >= 11 is 0. The number of nitrogens with one attached hydrogen (secondary N) is 1. The van der Waals surface area contributed by atoms with Crippen molar-refractivity contribution in [2.45, 2.75) is 62.8 Å². The molecule has 4 atom stereocenters. The highest BCUT2D eigenvalue weighted by Crippen LogP contribution is 2.38. The third kappa shape index (κ3) is 3.66. The first-order valence-corrected chi connectivity index (χ1v) is 11.9. The van der Waals surface area contributed by atoms with Crippen molar-refractivity contribution in [3.05, 3.63) is 42.2 Å². The van der Waals surface area contributed by atoms with Crippen LogP contribution in [0.25, 0.3) is 22.4 Å². The molecule has 3 aromatic rings. The number of piperidine rings is 2. The third-order valence-electron chi connectivity index (χ3n) is 7.48. The second-order valence-electron chi connectivity index (χ2n) is 9.66. The van der Waals surface area contributed by atoms with E-state index < -0.39 is 6.17 Å². The van der Waals surface area contributed by atoms with Crippen molar-refractivity contribution >= 4 is 5.82 Å². The molecule has 0 radical (unpaired) electrons. The van der Waals surface area contributed by atoms with E-state index in [4.69, 9.17) is 0 Å². The van der Waals surface area contributed by atoms with Gasteiger partial charge < -0.3 is 15.3 Å². The number of hydrogen-bond acceptors (Lipinski definition) is 6. The zero-order valence-corrected chi connectivity index (χ0v) is 18.8. The number of phenols is 1. The van der Waals surface area contributed by atoms with Gasteiger partial charge in [0, 0.05) is 43.0 Å². The quantitative estimate of drug-likeness (QED) is 0.637. The Morgan fingerprint density at radius 2 is 2.03 bits per heavy atom. The normalized spacial score (nSPS) is 26.8. The van der Waals surface area contributed by atoms with Gasteiger partial charge in [-0.3, -0.25) is 4.68 Å². The Kier molecular flexibility index (Phi) is 5.05. The van der Waals surface area contributed by atoms with Crippen LogP contribution in [0.3, 0.4) is 0 Å². The van der Waals surface area contributed by atoms with Crippen molar-refractivity contribution in [3.63, 3.8) is 0 Å². The van der Waals surface area contributed by atoms with Gasteiger partial charge in [-0.15, -0.1) is 10.2 Å². The number of hydrogen-bond donors (Lipinski definition) is 2. The first-order chi connectivity index (χ1) is 16.1. The van der Waals surface area contributed by atoms with Gasteiger partial charge in [-0.25, -0.2) is 4.39 Å². The van der Waals surface area contributed by atoms with Gasteiger partial charge in [-0.1, -0.05) is 12.5 Å². The van der Waals surface area contributed by atoms with Crippen molar-refractivity contribution in [3.8, 4) is 28.1 Å². The third-order valence-corrected chi connectivity index (χ3v) is 7.48. The van der Waals surface area contributed by atoms with Gasteiger partial charge in [0.2, 0.25) is 0 Å². The number of aromatic nitrogens is 4. The molecule has 8 heteroatoms. The Bertz CT molecular complexity index is 1180. The number of aromatic hydroxyl groups is 1. The molecule has 3 aliphatic heterocycles. The molecule has 1 aromatic carbocycles. The lowest BCUT2D eigenvalue weighted by Gasteiger charge is -2.48. The van der Waals surface area contributed by atoms with Crippen LogP contribution in [0.15, 0.2) is 36.7 Å². The summed E-state index contributed by atoms with van der Waals surface area (Å²) in [7, 11) is 1.87. The first-order valence-electron chi connectivity index (χ1n) is 11.9. The predicted octanol–water partition coefficient (Wildman–Crippen LogP) is 3.62. The van der Waals surface area contributed by atoms with E-state index in [1.54, 1.807) is 16.9 Å². The van der Waals surface area contributed by atoms with Crippen LogP contribution >= 0.6 is 0 Å². The minimum Gasteiger partial charge on any atom is -0.507 e. The first kappa shape index (κ1) is 20.6. The molecule has 3 aliphatic rings. The van der Waals surface area contributed by atoms with E-state index >= 15 is 4.39 Å². The lowest BCUT2D eigenvalue weighted by atomic mass is 9.81. The Hall–Kier alpha value is -3.00. The summed E-state index contributed by atoms with van der Waals surface area (Å²) < 4.78 is 17.1. The fourth-order valence-corrected chi connectivity index (χ4v) is 5.83. The topological polar surface area (TPSA) is 79.1 Å². The molecule has 2 N–H and O–H groups in total. The number of aryl methyl sites for hydroxylation is 2. The van der Waals surface area contributed by atoms with Crippen LogP contribution < -0.4 is 10.2 Å². The zero-order chi connectivity index (χ0) is 22.5. The Balaban J connectivity index is 1.29. The van der Waals surface area contributed by atoms with E-state index in [2.05, 4.69) is 25.5 Å². The maximum absolute atomic E-state index is 15.4. The van der Waals surface area contributed by atoms with E-state index in [-0.39, 0.29) is 17.8 Å². The minimum atomic E-state index is -0.891. The smallest absolute Gasteiger partial charge is 0.154 e. The Morgan fingerprint density at radius 3 is 2.85 bits per heavy atom. The predicted molar refractivity (Wildman–Crippen MR) is 125 cm³/mol. The fourth-order valence-electron chi connectivity index (χ4n) is 5.83. The molecular formula is C25H29FN6O. The SMILES string of the molecule is Cn1cc(-c2ccc(-c3cc4c(nn3)N([C@H]3C[C@H]5CCC[C@H](N5)[C@H]3F)CCC4)c(O)c2)cn1. The van der Waals surface area contributed by atoms with Gasteiger partial charge in [0.25, 0.3) is 0 Å². The molecule has 2 saturated heterocycles. The number of alkyl halides is 1. The molecule has 0 amide bonds. The van der Waals surface area contributed by atoms with Crippen LogP contribution in [0.1, 0.15) is 37.7 Å². The molecule has 0 spiro atoms. The van der Waals surface area contributed by atoms with Crippen LogP contribution in [-0.2, 0) is 13.5 Å². The van der Waals surface area contributed by atoms with Crippen LogP contribution in [0.5, 0.6) is 5.75 Å². The Labute approximate surface area is 192 Å². The maximum Gasteiger partial charge on any atom is 0.154 e. The fraction of sp³-hybridized carbons (Fsp3) is 0.480. The number of rotatable bonds is 3. The Morgan fingerprint density at radius 1 is 1.12 bits per heavy atom. The van der Waals surface area contributed by atoms with Gasteiger partial charge in [-0.2, -0.15) is 5.10 Å². The van der Waals surface area contributed by atoms with Gasteiger partial charge in [0.1, 0.15) is 11.9 Å². The molecule has 5 heterocycles. The van der Waals surface area contributed by atoms with Gasteiger partial charge in [0.15, 0.2) is 5.82 Å². The molecule has 33 heavy (non-hydrogen) atoms. The van der Waals surface area contributed by atoms with E-state index in [1.807, 2.05) is 31.4 Å². The summed E-state index contributed by atoms with van der Waals surface area (Å²) in [5.41, 5.74) is 4.21. The number of phenolic OH excluding ortho intramolecular Hbond substituents is 1. The summed E-state index contributed by atoms with van der Waals surface area (Å²) in [5, 5.41) is 27.5. The molecule has 2 aromatic heterocycles. The number of fused-ring (bicyclic) bond motifs is 3. The average Bonchev–Trinajstić information content (AvgIpc) is 3.27. The highest BCUT2D eigenvalue weighted by Gasteiger charge is 2.43. The maximum atomic E-state index is 15.4. The highest BCUT2D eigenvalue weighted by atomic mass is 19.1. The van der Waals surface area contributed by atoms with Crippen molar-refractivity contribution < 1.29 is 9.50 Å². The summed E-state index contributed by atoms with van der Waals surface area (Å²) in [6.45, 7) is 0.816. The van der Waals surface area contributed by atoms with Crippen LogP contribution in [-0.4, -0.2) is 55.9 Å². The zero-order valence-electron chi connectivity index (χ0n) is 18.8. The average molecular weight is 449 g/mol. The second kappa shape index (κ2) is 8.09. The number of nitrogens with zero attached hydrogens (tertiary/aromatic N) is 5. The summed E-state index contributed by atoms with van der Waals surface area (Å²) in [6, 6.07) is 7.79. The lowest BCUT2D eigenvalue weighted by molar-refractivity contribution is 0.104. The molecular weight excluding hydrogens is 419 g/mol. The lowest BCUT2D eigenvalue weighted by Crippen LogP contribution is -2.62. The van der Waals surface area contributed by atoms with Crippen molar-refractivity contribution in [1.29, 1.82) is 0 Å². The molecule has 2 bridgehead atoms. The minimum absolute atomic E-state index is 0.0459. The second-order valence-corrected chi connectivity index (χ2v) is 9.66. The number of benzene rings is 1. The molecule has 7 nitrogen and oxygen atoms in total.